The zero-order chi connectivity index (χ0) is 28.1. The first-order valence-electron chi connectivity index (χ1n) is 15.1. The number of rotatable bonds is 12. The van der Waals surface area contributed by atoms with Crippen molar-refractivity contribution in [3.05, 3.63) is 59.4 Å². The minimum absolute atomic E-state index is 0.0229. The summed E-state index contributed by atoms with van der Waals surface area (Å²) >= 11 is 0. The number of likely N-dealkylation sites (tertiary alicyclic amines) is 1. The third kappa shape index (κ3) is 6.12. The molecule has 5 rings (SSSR count). The molecule has 1 fully saturated rings. The highest BCUT2D eigenvalue weighted by atomic mass is 19.1. The number of halogens is 1. The highest BCUT2D eigenvalue weighted by Crippen LogP contribution is 2.51. The number of carbonyl (C=O) groups is 2. The summed E-state index contributed by atoms with van der Waals surface area (Å²) in [5.74, 6) is 0.0485. The van der Waals surface area contributed by atoms with Crippen LogP contribution in [0.1, 0.15) is 73.7 Å². The maximum absolute atomic E-state index is 13.3. The van der Waals surface area contributed by atoms with Crippen molar-refractivity contribution in [2.75, 3.05) is 62.8 Å². The number of nitrogens with zero attached hydrogens (tertiary/aromatic N) is 3. The van der Waals surface area contributed by atoms with Gasteiger partial charge in [-0.25, -0.2) is 9.18 Å². The number of anilines is 2. The van der Waals surface area contributed by atoms with E-state index in [1.165, 1.54) is 35.5 Å². The van der Waals surface area contributed by atoms with Crippen LogP contribution in [0.3, 0.4) is 0 Å². The SMILES string of the molecule is CCCCCCNC(=O)OC[N+]1(CCCC(=O)c2ccc(F)cc2)CC[C@H]2[C@@H](C1)c1cccc3c1N2CCN3C. The second kappa shape index (κ2) is 12.6. The van der Waals surface area contributed by atoms with E-state index in [2.05, 4.69) is 47.3 Å². The third-order valence-corrected chi connectivity index (χ3v) is 9.14. The molecule has 8 heteroatoms. The lowest BCUT2D eigenvalue weighted by atomic mass is 9.87. The van der Waals surface area contributed by atoms with E-state index < -0.39 is 0 Å². The molecule has 1 amide bonds. The average molecular weight is 552 g/mol. The number of benzene rings is 2. The standard InChI is InChI=1S/C32H43FN4O3/c1-3-4-5-6-17-34-32(39)40-23-37(20-8-11-30(38)24-12-14-25(33)15-13-24)21-16-28-27(22-37)26-9-7-10-29-31(26)36(28)19-18-35(29)2/h7,9-10,12-15,27-28H,3-6,8,11,16-23H2,1-2H3/p+1/t27-,28-,37?/m0/s1. The molecule has 0 bridgehead atoms. The fourth-order valence-electron chi connectivity index (χ4n) is 6.94. The number of fused-ring (bicyclic) bond motifs is 3. The summed E-state index contributed by atoms with van der Waals surface area (Å²) in [6.07, 6.45) is 6.15. The Morgan fingerprint density at radius 2 is 1.90 bits per heavy atom. The van der Waals surface area contributed by atoms with E-state index in [1.54, 1.807) is 12.1 Å². The molecule has 3 aliphatic heterocycles. The van der Waals surface area contributed by atoms with E-state index in [0.29, 0.717) is 48.1 Å². The molecule has 216 valence electrons. The van der Waals surface area contributed by atoms with Crippen LogP contribution in [-0.4, -0.2) is 75.4 Å². The topological polar surface area (TPSA) is 61.9 Å². The summed E-state index contributed by atoms with van der Waals surface area (Å²) in [7, 11) is 2.17. The van der Waals surface area contributed by atoms with Crippen molar-refractivity contribution >= 4 is 23.3 Å². The van der Waals surface area contributed by atoms with Crippen LogP contribution in [0.2, 0.25) is 0 Å². The Morgan fingerprint density at radius 3 is 2.70 bits per heavy atom. The fraction of sp³-hybridized carbons (Fsp3) is 0.562. The molecule has 3 heterocycles. The van der Waals surface area contributed by atoms with Gasteiger partial charge in [0.15, 0.2) is 5.78 Å². The highest BCUT2D eigenvalue weighted by molar-refractivity contribution is 5.95. The number of Topliss-reactive ketones (excluding diaryl/α,β-unsaturated/α-hetero) is 1. The number of para-hydroxylation sites is 1. The number of nitrogens with one attached hydrogen (secondary N) is 1. The first-order chi connectivity index (χ1) is 19.4. The van der Waals surface area contributed by atoms with Crippen LogP contribution in [-0.2, 0) is 4.74 Å². The summed E-state index contributed by atoms with van der Waals surface area (Å²) in [5.41, 5.74) is 4.63. The lowest BCUT2D eigenvalue weighted by Gasteiger charge is -2.47. The summed E-state index contributed by atoms with van der Waals surface area (Å²) < 4.78 is 19.9. The number of hydrogen-bond donors (Lipinski definition) is 1. The van der Waals surface area contributed by atoms with E-state index in [4.69, 9.17) is 4.74 Å². The van der Waals surface area contributed by atoms with Crippen LogP contribution in [0, 0.1) is 5.82 Å². The van der Waals surface area contributed by atoms with Crippen molar-refractivity contribution in [2.24, 2.45) is 0 Å². The monoisotopic (exact) mass is 551 g/mol. The van der Waals surface area contributed by atoms with E-state index in [-0.39, 0.29) is 17.7 Å². The number of ketones is 1. The Kier molecular flexibility index (Phi) is 8.94. The second-order valence-electron chi connectivity index (χ2n) is 11.8. The fourth-order valence-corrected chi connectivity index (χ4v) is 6.94. The number of likely N-dealkylation sites (N-methyl/N-ethyl adjacent to an activating group) is 1. The van der Waals surface area contributed by atoms with Gasteiger partial charge in [0.2, 0.25) is 6.73 Å². The van der Waals surface area contributed by atoms with Gasteiger partial charge in [0, 0.05) is 57.5 Å². The summed E-state index contributed by atoms with van der Waals surface area (Å²) in [5, 5.41) is 2.93. The van der Waals surface area contributed by atoms with E-state index in [1.807, 2.05) is 0 Å². The van der Waals surface area contributed by atoms with Crippen molar-refractivity contribution in [3.8, 4) is 0 Å². The normalized spacial score (nSPS) is 23.0. The largest absolute Gasteiger partial charge is 0.411 e. The predicted molar refractivity (Wildman–Crippen MR) is 157 cm³/mol. The maximum Gasteiger partial charge on any atom is 0.411 e. The zero-order valence-electron chi connectivity index (χ0n) is 24.0. The average Bonchev–Trinajstić information content (AvgIpc) is 3.28. The number of unbranched alkanes of at least 4 members (excludes halogenated alkanes) is 3. The molecule has 7 nitrogen and oxygen atoms in total. The van der Waals surface area contributed by atoms with Gasteiger partial charge in [-0.05, 0) is 42.3 Å². The molecule has 0 spiro atoms. The van der Waals surface area contributed by atoms with Crippen LogP contribution < -0.4 is 15.1 Å². The molecule has 40 heavy (non-hydrogen) atoms. The van der Waals surface area contributed by atoms with Gasteiger partial charge < -0.3 is 19.9 Å². The number of ether oxygens (including phenoxy) is 1. The van der Waals surface area contributed by atoms with E-state index in [0.717, 1.165) is 58.4 Å². The van der Waals surface area contributed by atoms with Crippen LogP contribution >= 0.6 is 0 Å². The highest BCUT2D eigenvalue weighted by Gasteiger charge is 2.50. The van der Waals surface area contributed by atoms with Crippen molar-refractivity contribution in [3.63, 3.8) is 0 Å². The van der Waals surface area contributed by atoms with E-state index >= 15 is 0 Å². The smallest absolute Gasteiger partial charge is 0.399 e. The molecule has 0 radical (unpaired) electrons. The molecule has 0 aliphatic carbocycles. The second-order valence-corrected chi connectivity index (χ2v) is 11.8. The van der Waals surface area contributed by atoms with Crippen molar-refractivity contribution < 1.29 is 23.2 Å². The van der Waals surface area contributed by atoms with Gasteiger partial charge >= 0.3 is 6.09 Å². The molecular weight excluding hydrogens is 507 g/mol. The van der Waals surface area contributed by atoms with Crippen LogP contribution in [0.15, 0.2) is 42.5 Å². The van der Waals surface area contributed by atoms with Crippen LogP contribution in [0.5, 0.6) is 0 Å². The summed E-state index contributed by atoms with van der Waals surface area (Å²) in [6.45, 7) is 7.72. The Hall–Kier alpha value is -3.13. The minimum Gasteiger partial charge on any atom is -0.399 e. The van der Waals surface area contributed by atoms with Crippen LogP contribution in [0.25, 0.3) is 0 Å². The molecular formula is C32H44FN4O3+. The molecule has 0 aromatic heterocycles. The number of piperidine rings is 1. The lowest BCUT2D eigenvalue weighted by molar-refractivity contribution is -0.949. The number of amides is 1. The van der Waals surface area contributed by atoms with E-state index in [9.17, 15) is 14.0 Å². The quantitative estimate of drug-likeness (QED) is 0.209. The van der Waals surface area contributed by atoms with Gasteiger partial charge in [0.1, 0.15) is 5.82 Å². The number of hydrogen-bond acceptors (Lipinski definition) is 5. The Labute approximate surface area is 237 Å². The molecule has 1 N–H and O–H groups in total. The van der Waals surface area contributed by atoms with Crippen LogP contribution in [0.4, 0.5) is 20.6 Å². The molecule has 3 aliphatic rings. The summed E-state index contributed by atoms with van der Waals surface area (Å²) in [6, 6.07) is 12.9. The van der Waals surface area contributed by atoms with Crippen molar-refractivity contribution in [1.82, 2.24) is 5.32 Å². The van der Waals surface area contributed by atoms with Gasteiger partial charge in [-0.15, -0.1) is 0 Å². The Balaban J connectivity index is 1.28. The van der Waals surface area contributed by atoms with Gasteiger partial charge in [-0.2, -0.15) is 0 Å². The molecule has 1 unspecified atom stereocenters. The zero-order valence-corrected chi connectivity index (χ0v) is 24.0. The molecule has 3 atom stereocenters. The molecule has 2 aromatic rings. The first-order valence-corrected chi connectivity index (χ1v) is 15.1. The number of alkyl carbamates (subject to hydrolysis) is 1. The number of carbonyl (C=O) groups excluding carboxylic acids is 2. The minimum atomic E-state index is -0.353. The molecule has 2 aromatic carbocycles. The Bertz CT molecular complexity index is 1190. The molecule has 0 saturated carbocycles. The maximum atomic E-state index is 13.3. The first kappa shape index (κ1) is 28.4. The van der Waals surface area contributed by atoms with Gasteiger partial charge in [0.05, 0.1) is 36.9 Å². The van der Waals surface area contributed by atoms with Gasteiger partial charge in [-0.1, -0.05) is 38.3 Å². The van der Waals surface area contributed by atoms with Gasteiger partial charge in [0.25, 0.3) is 0 Å². The van der Waals surface area contributed by atoms with Crippen molar-refractivity contribution in [2.45, 2.75) is 63.8 Å². The van der Waals surface area contributed by atoms with Crippen molar-refractivity contribution in [1.29, 1.82) is 0 Å². The Morgan fingerprint density at radius 1 is 1.07 bits per heavy atom. The third-order valence-electron chi connectivity index (χ3n) is 9.14. The predicted octanol–water partition coefficient (Wildman–Crippen LogP) is 5.70. The number of quaternary nitrogens is 1. The van der Waals surface area contributed by atoms with Gasteiger partial charge in [-0.3, -0.25) is 9.28 Å². The molecule has 1 saturated heterocycles. The lowest BCUT2D eigenvalue weighted by Crippen LogP contribution is -2.60. The summed E-state index contributed by atoms with van der Waals surface area (Å²) in [4.78, 5) is 30.4.